The van der Waals surface area contributed by atoms with Gasteiger partial charge in [0.05, 0.1) is 12.1 Å². The number of unbranched alkanes of at least 4 members (excludes halogenated alkanes) is 4. The fourth-order valence-electron chi connectivity index (χ4n) is 3.86. The van der Waals surface area contributed by atoms with Crippen molar-refractivity contribution in [3.05, 3.63) is 0 Å². The zero-order valence-corrected chi connectivity index (χ0v) is 16.9. The van der Waals surface area contributed by atoms with E-state index in [1.165, 1.54) is 0 Å². The largest absolute Gasteiger partial charge is 0.359 e. The lowest BCUT2D eigenvalue weighted by Gasteiger charge is -2.23. The molecule has 2 heterocycles. The quantitative estimate of drug-likeness (QED) is 0.401. The molecule has 0 aromatic carbocycles. The molecule has 2 fully saturated rings. The van der Waals surface area contributed by atoms with Crippen molar-refractivity contribution in [1.82, 2.24) is 15.5 Å². The number of hydrogen-bond donors (Lipinski definition) is 2. The fourth-order valence-corrected chi connectivity index (χ4v) is 5.50. The minimum absolute atomic E-state index is 0.0517. The normalized spacial score (nSPS) is 24.5. The Hall–Kier alpha value is -1.24. The van der Waals surface area contributed by atoms with Crippen molar-refractivity contribution in [2.75, 3.05) is 19.8 Å². The molecule has 6 nitrogen and oxygen atoms in total. The summed E-state index contributed by atoms with van der Waals surface area (Å²) in [5, 5.41) is 6.16. The molecule has 0 unspecified atom stereocenters. The molecule has 0 saturated carbocycles. The van der Waals surface area contributed by atoms with E-state index >= 15 is 0 Å². The van der Waals surface area contributed by atoms with E-state index in [2.05, 4.69) is 10.6 Å². The molecule has 0 aromatic heterocycles. The van der Waals surface area contributed by atoms with Crippen LogP contribution in [0.4, 0.5) is 4.79 Å². The van der Waals surface area contributed by atoms with E-state index in [-0.39, 0.29) is 11.9 Å². The number of fused-ring (bicyclic) bond motifs is 1. The van der Waals surface area contributed by atoms with E-state index in [0.717, 1.165) is 50.7 Å². The van der Waals surface area contributed by atoms with Gasteiger partial charge in [-0.15, -0.1) is 0 Å². The van der Waals surface area contributed by atoms with Crippen LogP contribution < -0.4 is 10.6 Å². The SMILES string of the molecule is CNC(=O)CCCCCCC(=O)CCCC[C@@H]1SC[C@@H]2NC(=O)N(C)[C@@H]21. The molecule has 2 aliphatic rings. The lowest BCUT2D eigenvalue weighted by atomic mass is 10.0. The summed E-state index contributed by atoms with van der Waals surface area (Å²) in [6, 6.07) is 0.668. The molecule has 7 heteroatoms. The number of carbonyl (C=O) groups is 3. The van der Waals surface area contributed by atoms with Crippen molar-refractivity contribution in [3.63, 3.8) is 0 Å². The number of rotatable bonds is 12. The lowest BCUT2D eigenvalue weighted by molar-refractivity contribution is -0.121. The molecule has 0 aromatic rings. The number of nitrogens with zero attached hydrogens (tertiary/aromatic N) is 1. The summed E-state index contributed by atoms with van der Waals surface area (Å²) >= 11 is 1.95. The van der Waals surface area contributed by atoms with E-state index in [1.807, 2.05) is 23.7 Å². The number of likely N-dealkylation sites (N-methyl/N-ethyl adjacent to an activating group) is 1. The number of Topliss-reactive ketones (excluding diaryl/α,β-unsaturated/α-hetero) is 1. The van der Waals surface area contributed by atoms with Crippen molar-refractivity contribution in [3.8, 4) is 0 Å². The van der Waals surface area contributed by atoms with Crippen LogP contribution in [0.25, 0.3) is 0 Å². The van der Waals surface area contributed by atoms with Gasteiger partial charge in [-0.25, -0.2) is 4.79 Å². The minimum Gasteiger partial charge on any atom is -0.359 e. The second-order valence-corrected chi connectivity index (χ2v) is 8.67. The van der Waals surface area contributed by atoms with Crippen molar-refractivity contribution in [2.45, 2.75) is 81.5 Å². The average Bonchev–Trinajstić information content (AvgIpc) is 3.14. The molecule has 0 bridgehead atoms. The third-order valence-electron chi connectivity index (χ3n) is 5.44. The number of carbonyl (C=O) groups excluding carboxylic acids is 3. The summed E-state index contributed by atoms with van der Waals surface area (Å²) in [5.41, 5.74) is 0. The Labute approximate surface area is 161 Å². The Morgan fingerprint density at radius 1 is 1.12 bits per heavy atom. The summed E-state index contributed by atoms with van der Waals surface area (Å²) in [6.45, 7) is 0. The Kier molecular flexibility index (Phi) is 8.75. The first-order valence-electron chi connectivity index (χ1n) is 9.90. The highest BCUT2D eigenvalue weighted by molar-refractivity contribution is 8.00. The van der Waals surface area contributed by atoms with Crippen LogP contribution in [0.2, 0.25) is 0 Å². The Morgan fingerprint density at radius 3 is 2.46 bits per heavy atom. The molecule has 2 N–H and O–H groups in total. The molecule has 2 aliphatic heterocycles. The predicted molar refractivity (Wildman–Crippen MR) is 105 cm³/mol. The van der Waals surface area contributed by atoms with Gasteiger partial charge in [0.25, 0.3) is 0 Å². The minimum atomic E-state index is 0.0517. The second-order valence-electron chi connectivity index (χ2n) is 7.40. The van der Waals surface area contributed by atoms with Gasteiger partial charge in [-0.05, 0) is 25.7 Å². The number of nitrogens with one attached hydrogen (secondary N) is 2. The summed E-state index contributed by atoms with van der Waals surface area (Å²) in [5.74, 6) is 1.46. The molecule has 0 aliphatic carbocycles. The maximum absolute atomic E-state index is 12.0. The van der Waals surface area contributed by atoms with E-state index in [1.54, 1.807) is 7.05 Å². The van der Waals surface area contributed by atoms with Crippen LogP contribution in [-0.4, -0.2) is 59.8 Å². The topological polar surface area (TPSA) is 78.5 Å². The summed E-state index contributed by atoms with van der Waals surface area (Å²) in [7, 11) is 3.55. The maximum atomic E-state index is 12.0. The van der Waals surface area contributed by atoms with Gasteiger partial charge in [0, 0.05) is 44.4 Å². The summed E-state index contributed by atoms with van der Waals surface area (Å²) < 4.78 is 0. The molecule has 0 spiro atoms. The number of thioether (sulfide) groups is 1. The van der Waals surface area contributed by atoms with E-state index < -0.39 is 0 Å². The first kappa shape index (κ1) is 21.1. The van der Waals surface area contributed by atoms with Gasteiger partial charge in [0.2, 0.25) is 5.91 Å². The van der Waals surface area contributed by atoms with Crippen LogP contribution in [0.1, 0.15) is 64.2 Å². The standard InChI is InChI=1S/C19H33N3O3S/c1-20-17(24)12-6-4-3-5-9-14(23)10-7-8-11-16-18-15(13-26-16)21-19(25)22(18)2/h15-16,18H,3-13H2,1-2H3,(H,20,24)(H,21,25)/t15-,16-,18-/m0/s1. The number of hydrogen-bond acceptors (Lipinski definition) is 4. The number of amides is 3. The molecule has 3 atom stereocenters. The maximum Gasteiger partial charge on any atom is 0.317 e. The summed E-state index contributed by atoms with van der Waals surface area (Å²) in [6.07, 6.45) is 8.91. The second kappa shape index (κ2) is 10.8. The van der Waals surface area contributed by atoms with Crippen molar-refractivity contribution >= 4 is 29.5 Å². The first-order valence-corrected chi connectivity index (χ1v) is 10.9. The van der Waals surface area contributed by atoms with Gasteiger partial charge in [-0.2, -0.15) is 11.8 Å². The van der Waals surface area contributed by atoms with Gasteiger partial charge in [0.1, 0.15) is 5.78 Å². The van der Waals surface area contributed by atoms with Gasteiger partial charge in [-0.3, -0.25) is 9.59 Å². The molecule has 2 rings (SSSR count). The van der Waals surface area contributed by atoms with Crippen LogP contribution in [0, 0.1) is 0 Å². The van der Waals surface area contributed by atoms with Crippen LogP contribution in [0.3, 0.4) is 0 Å². The van der Waals surface area contributed by atoms with Crippen LogP contribution in [0.5, 0.6) is 0 Å². The molecule has 148 valence electrons. The van der Waals surface area contributed by atoms with Crippen LogP contribution in [0.15, 0.2) is 0 Å². The third kappa shape index (κ3) is 6.18. The third-order valence-corrected chi connectivity index (χ3v) is 6.94. The zero-order valence-electron chi connectivity index (χ0n) is 16.1. The number of urea groups is 1. The zero-order chi connectivity index (χ0) is 18.9. The van der Waals surface area contributed by atoms with Gasteiger partial charge >= 0.3 is 6.03 Å². The van der Waals surface area contributed by atoms with Crippen LogP contribution >= 0.6 is 11.8 Å². The number of ketones is 1. The van der Waals surface area contributed by atoms with Gasteiger partial charge < -0.3 is 15.5 Å². The average molecular weight is 384 g/mol. The monoisotopic (exact) mass is 383 g/mol. The molecule has 0 radical (unpaired) electrons. The van der Waals surface area contributed by atoms with Crippen molar-refractivity contribution in [1.29, 1.82) is 0 Å². The first-order chi connectivity index (χ1) is 12.5. The van der Waals surface area contributed by atoms with Gasteiger partial charge in [0.15, 0.2) is 0 Å². The smallest absolute Gasteiger partial charge is 0.317 e. The highest BCUT2D eigenvalue weighted by Gasteiger charge is 2.46. The highest BCUT2D eigenvalue weighted by atomic mass is 32.2. The van der Waals surface area contributed by atoms with E-state index in [4.69, 9.17) is 0 Å². The molecule has 26 heavy (non-hydrogen) atoms. The van der Waals surface area contributed by atoms with Crippen LogP contribution in [-0.2, 0) is 9.59 Å². The lowest BCUT2D eigenvalue weighted by Crippen LogP contribution is -2.38. The van der Waals surface area contributed by atoms with E-state index in [9.17, 15) is 14.4 Å². The Morgan fingerprint density at radius 2 is 1.77 bits per heavy atom. The van der Waals surface area contributed by atoms with Crippen molar-refractivity contribution < 1.29 is 14.4 Å². The van der Waals surface area contributed by atoms with Gasteiger partial charge in [-0.1, -0.05) is 19.3 Å². The molecule has 3 amide bonds. The molecular weight excluding hydrogens is 350 g/mol. The molecular formula is C19H33N3O3S. The Bertz CT molecular complexity index is 500. The Balaban J connectivity index is 1.48. The summed E-state index contributed by atoms with van der Waals surface area (Å²) in [4.78, 5) is 36.6. The fraction of sp³-hybridized carbons (Fsp3) is 0.842. The predicted octanol–water partition coefficient (Wildman–Crippen LogP) is 2.71. The van der Waals surface area contributed by atoms with Crippen molar-refractivity contribution in [2.24, 2.45) is 0 Å². The van der Waals surface area contributed by atoms with E-state index in [0.29, 0.717) is 42.4 Å². The molecule has 2 saturated heterocycles. The highest BCUT2D eigenvalue weighted by Crippen LogP contribution is 2.36.